The molecule has 3 N–H and O–H groups in total. The van der Waals surface area contributed by atoms with Gasteiger partial charge in [0.2, 0.25) is 0 Å². The number of nitrogen functional groups attached to an aromatic ring is 1. The maximum Gasteiger partial charge on any atom is 0.148 e. The van der Waals surface area contributed by atoms with Crippen molar-refractivity contribution < 1.29 is 0 Å². The highest BCUT2D eigenvalue weighted by Gasteiger charge is 2.21. The van der Waals surface area contributed by atoms with Crippen LogP contribution in [0.4, 0.5) is 11.6 Å². The number of imidazole rings is 1. The fourth-order valence-corrected chi connectivity index (χ4v) is 2.42. The molecular formula is C12H17N7. The molecular weight excluding hydrogens is 242 g/mol. The quantitative estimate of drug-likeness (QED) is 0.606. The Kier molecular flexibility index (Phi) is 2.83. The summed E-state index contributed by atoms with van der Waals surface area (Å²) in [7, 11) is 0. The Hall–Kier alpha value is -2.15. The molecule has 0 saturated heterocycles. The number of hydrogen-bond donors (Lipinski definition) is 2. The van der Waals surface area contributed by atoms with Crippen LogP contribution in [0.5, 0.6) is 0 Å². The van der Waals surface area contributed by atoms with E-state index >= 15 is 0 Å². The Morgan fingerprint density at radius 1 is 1.26 bits per heavy atom. The minimum Gasteiger partial charge on any atom is -0.347 e. The van der Waals surface area contributed by atoms with Gasteiger partial charge in [0.15, 0.2) is 0 Å². The van der Waals surface area contributed by atoms with Gasteiger partial charge >= 0.3 is 0 Å². The molecule has 0 aliphatic carbocycles. The van der Waals surface area contributed by atoms with Crippen molar-refractivity contribution in [2.24, 2.45) is 5.84 Å². The minimum absolute atomic E-state index is 0.677. The van der Waals surface area contributed by atoms with Crippen LogP contribution in [0.25, 0.3) is 0 Å². The van der Waals surface area contributed by atoms with Crippen LogP contribution >= 0.6 is 0 Å². The number of nitrogens with one attached hydrogen (secondary N) is 1. The zero-order chi connectivity index (χ0) is 13.4. The number of hydrogen-bond acceptors (Lipinski definition) is 6. The average molecular weight is 259 g/mol. The molecule has 0 aromatic carbocycles. The summed E-state index contributed by atoms with van der Waals surface area (Å²) in [5.41, 5.74) is 3.60. The largest absolute Gasteiger partial charge is 0.347 e. The third kappa shape index (κ3) is 2.01. The summed E-state index contributed by atoms with van der Waals surface area (Å²) in [6, 6.07) is 0. The van der Waals surface area contributed by atoms with Crippen LogP contribution in [0.2, 0.25) is 0 Å². The summed E-state index contributed by atoms with van der Waals surface area (Å²) in [5, 5.41) is 0. The SMILES string of the molecule is Cc1nc(NN)c(C)c(N2CCn3ccnc3C2)n1. The van der Waals surface area contributed by atoms with Gasteiger partial charge in [-0.2, -0.15) is 0 Å². The predicted octanol–water partition coefficient (Wildman–Crippen LogP) is 0.596. The molecule has 1 aliphatic heterocycles. The second-order valence-electron chi connectivity index (χ2n) is 4.67. The normalized spacial score (nSPS) is 14.4. The van der Waals surface area contributed by atoms with Crippen molar-refractivity contribution in [3.8, 4) is 0 Å². The standard InChI is InChI=1S/C12H17N7/c1-8-11(17-13)15-9(2)16-12(8)19-6-5-18-4-3-14-10(18)7-19/h3-4H,5-7,13H2,1-2H3,(H,15,16,17). The van der Waals surface area contributed by atoms with Crippen molar-refractivity contribution >= 4 is 11.6 Å². The van der Waals surface area contributed by atoms with E-state index in [1.165, 1.54) is 0 Å². The second-order valence-corrected chi connectivity index (χ2v) is 4.67. The predicted molar refractivity (Wildman–Crippen MR) is 72.6 cm³/mol. The molecule has 7 heteroatoms. The first-order valence-electron chi connectivity index (χ1n) is 6.26. The van der Waals surface area contributed by atoms with E-state index in [2.05, 4.69) is 29.8 Å². The monoisotopic (exact) mass is 259 g/mol. The van der Waals surface area contributed by atoms with Gasteiger partial charge in [-0.15, -0.1) is 0 Å². The van der Waals surface area contributed by atoms with Gasteiger partial charge in [-0.25, -0.2) is 20.8 Å². The first-order valence-corrected chi connectivity index (χ1v) is 6.26. The van der Waals surface area contributed by atoms with Gasteiger partial charge in [0, 0.05) is 31.0 Å². The second kappa shape index (κ2) is 4.51. The number of aromatic nitrogens is 4. The third-order valence-electron chi connectivity index (χ3n) is 3.41. The van der Waals surface area contributed by atoms with Crippen LogP contribution in [-0.2, 0) is 13.1 Å². The van der Waals surface area contributed by atoms with Crippen LogP contribution in [0, 0.1) is 13.8 Å². The number of anilines is 2. The highest BCUT2D eigenvalue weighted by atomic mass is 15.3. The fourth-order valence-electron chi connectivity index (χ4n) is 2.42. The van der Waals surface area contributed by atoms with Gasteiger partial charge in [0.05, 0.1) is 6.54 Å². The Labute approximate surface area is 111 Å². The number of fused-ring (bicyclic) bond motifs is 1. The van der Waals surface area contributed by atoms with Crippen molar-refractivity contribution in [1.82, 2.24) is 19.5 Å². The minimum atomic E-state index is 0.677. The summed E-state index contributed by atoms with van der Waals surface area (Å²) in [5.74, 6) is 8.88. The molecule has 2 aromatic rings. The smallest absolute Gasteiger partial charge is 0.148 e. The summed E-state index contributed by atoms with van der Waals surface area (Å²) in [6.07, 6.45) is 3.85. The van der Waals surface area contributed by atoms with Crippen LogP contribution in [0.15, 0.2) is 12.4 Å². The third-order valence-corrected chi connectivity index (χ3v) is 3.41. The van der Waals surface area contributed by atoms with Gasteiger partial charge < -0.3 is 14.9 Å². The van der Waals surface area contributed by atoms with Crippen LogP contribution in [-0.4, -0.2) is 26.1 Å². The van der Waals surface area contributed by atoms with Crippen molar-refractivity contribution in [3.63, 3.8) is 0 Å². The lowest BCUT2D eigenvalue weighted by molar-refractivity contribution is 0.554. The topological polar surface area (TPSA) is 84.9 Å². The summed E-state index contributed by atoms with van der Waals surface area (Å²) in [4.78, 5) is 15.4. The van der Waals surface area contributed by atoms with Gasteiger partial charge in [-0.3, -0.25) is 0 Å². The maximum absolute atomic E-state index is 5.50. The van der Waals surface area contributed by atoms with E-state index < -0.39 is 0 Å². The molecule has 0 fully saturated rings. The highest BCUT2D eigenvalue weighted by molar-refractivity contribution is 5.58. The zero-order valence-electron chi connectivity index (χ0n) is 11.1. The Balaban J connectivity index is 1.97. The van der Waals surface area contributed by atoms with E-state index in [4.69, 9.17) is 5.84 Å². The van der Waals surface area contributed by atoms with Crippen LogP contribution < -0.4 is 16.2 Å². The number of rotatable bonds is 2. The Bertz CT molecular complexity index is 604. The van der Waals surface area contributed by atoms with Crippen molar-refractivity contribution in [2.75, 3.05) is 16.9 Å². The highest BCUT2D eigenvalue weighted by Crippen LogP contribution is 2.25. The van der Waals surface area contributed by atoms with Crippen molar-refractivity contribution in [2.45, 2.75) is 26.9 Å². The van der Waals surface area contributed by atoms with E-state index in [0.717, 1.165) is 36.8 Å². The number of hydrazine groups is 1. The molecule has 0 saturated carbocycles. The zero-order valence-corrected chi connectivity index (χ0v) is 11.1. The summed E-state index contributed by atoms with van der Waals surface area (Å²) in [6.45, 7) is 6.43. The molecule has 0 bridgehead atoms. The molecule has 0 spiro atoms. The maximum atomic E-state index is 5.50. The van der Waals surface area contributed by atoms with E-state index in [1.807, 2.05) is 26.2 Å². The van der Waals surface area contributed by atoms with E-state index in [0.29, 0.717) is 11.6 Å². The number of nitrogens with two attached hydrogens (primary N) is 1. The van der Waals surface area contributed by atoms with E-state index in [9.17, 15) is 0 Å². The van der Waals surface area contributed by atoms with Gasteiger partial charge in [0.1, 0.15) is 23.3 Å². The lowest BCUT2D eigenvalue weighted by Gasteiger charge is -2.30. The average Bonchev–Trinajstić information content (AvgIpc) is 2.88. The number of nitrogens with zero attached hydrogens (tertiary/aromatic N) is 5. The molecule has 1 aliphatic rings. The van der Waals surface area contributed by atoms with E-state index in [-0.39, 0.29) is 0 Å². The molecule has 2 aromatic heterocycles. The molecule has 7 nitrogen and oxygen atoms in total. The molecule has 100 valence electrons. The van der Waals surface area contributed by atoms with Crippen molar-refractivity contribution in [3.05, 3.63) is 29.6 Å². The molecule has 0 atom stereocenters. The van der Waals surface area contributed by atoms with E-state index in [1.54, 1.807) is 0 Å². The first-order chi connectivity index (χ1) is 9.19. The molecule has 0 unspecified atom stereocenters. The van der Waals surface area contributed by atoms with Gasteiger partial charge in [-0.1, -0.05) is 0 Å². The lowest BCUT2D eigenvalue weighted by atomic mass is 10.2. The summed E-state index contributed by atoms with van der Waals surface area (Å²) < 4.78 is 2.17. The Morgan fingerprint density at radius 3 is 2.89 bits per heavy atom. The fraction of sp³-hybridized carbons (Fsp3) is 0.417. The van der Waals surface area contributed by atoms with Crippen LogP contribution in [0.1, 0.15) is 17.2 Å². The van der Waals surface area contributed by atoms with Crippen LogP contribution in [0.3, 0.4) is 0 Å². The molecule has 3 rings (SSSR count). The molecule has 3 heterocycles. The number of aryl methyl sites for hydroxylation is 1. The molecule has 0 amide bonds. The molecule has 19 heavy (non-hydrogen) atoms. The molecule has 0 radical (unpaired) electrons. The lowest BCUT2D eigenvalue weighted by Crippen LogP contribution is -2.35. The van der Waals surface area contributed by atoms with Gasteiger partial charge in [-0.05, 0) is 13.8 Å². The Morgan fingerprint density at radius 2 is 2.11 bits per heavy atom. The van der Waals surface area contributed by atoms with Gasteiger partial charge in [0.25, 0.3) is 0 Å². The summed E-state index contributed by atoms with van der Waals surface area (Å²) >= 11 is 0. The first kappa shape index (κ1) is 11.9. The van der Waals surface area contributed by atoms with Crippen molar-refractivity contribution in [1.29, 1.82) is 0 Å².